The molecule has 0 bridgehead atoms. The molecule has 0 N–H and O–H groups in total. The van der Waals surface area contributed by atoms with E-state index in [2.05, 4.69) is 52.3 Å². The topological polar surface area (TPSA) is 17.1 Å². The van der Waals surface area contributed by atoms with Crippen LogP contribution in [-0.4, -0.2) is 5.78 Å². The van der Waals surface area contributed by atoms with Crippen molar-refractivity contribution in [2.45, 2.75) is 19.3 Å². The molecule has 4 rings (SSSR count). The van der Waals surface area contributed by atoms with Crippen molar-refractivity contribution in [3.63, 3.8) is 0 Å². The summed E-state index contributed by atoms with van der Waals surface area (Å²) in [7, 11) is 0. The highest BCUT2D eigenvalue weighted by atomic mass is 79.9. The molecule has 20 heavy (non-hydrogen) atoms. The standard InChI is InChI=1S/C18H13BrO/c19-17-10-16-12-6-3-7-18(20)15(12)9-8-13(16)11-4-1-2-5-14(11)17/h1-2,4-5,8-10H,3,6-7H2. The number of Topliss-reactive ketones (excluding diaryl/α,β-unsaturated/α-hetero) is 1. The second-order valence-corrected chi connectivity index (χ2v) is 6.22. The minimum absolute atomic E-state index is 0.289. The maximum atomic E-state index is 12.1. The molecule has 0 heterocycles. The van der Waals surface area contributed by atoms with Gasteiger partial charge in [-0.25, -0.2) is 0 Å². The first-order valence-electron chi connectivity index (χ1n) is 6.92. The van der Waals surface area contributed by atoms with Gasteiger partial charge in [-0.2, -0.15) is 0 Å². The SMILES string of the molecule is O=C1CCCc2c1ccc1c2cc(Br)c2ccccc21. The molecule has 98 valence electrons. The summed E-state index contributed by atoms with van der Waals surface area (Å²) in [6.07, 6.45) is 2.66. The minimum atomic E-state index is 0.289. The predicted octanol–water partition coefficient (Wildman–Crippen LogP) is 5.27. The zero-order chi connectivity index (χ0) is 13.7. The number of carbonyl (C=O) groups excluding carboxylic acids is 1. The van der Waals surface area contributed by atoms with Crippen LogP contribution in [0.15, 0.2) is 46.9 Å². The molecule has 2 heteroatoms. The number of hydrogen-bond acceptors (Lipinski definition) is 1. The number of halogens is 1. The van der Waals surface area contributed by atoms with Crippen LogP contribution in [0.1, 0.15) is 28.8 Å². The summed E-state index contributed by atoms with van der Waals surface area (Å²) in [6.45, 7) is 0. The summed E-state index contributed by atoms with van der Waals surface area (Å²) < 4.78 is 1.10. The van der Waals surface area contributed by atoms with E-state index in [-0.39, 0.29) is 5.78 Å². The molecule has 3 aromatic rings. The van der Waals surface area contributed by atoms with Gasteiger partial charge in [0, 0.05) is 16.5 Å². The van der Waals surface area contributed by atoms with Gasteiger partial charge in [0.25, 0.3) is 0 Å². The maximum absolute atomic E-state index is 12.1. The van der Waals surface area contributed by atoms with Crippen molar-refractivity contribution in [2.75, 3.05) is 0 Å². The number of benzene rings is 3. The first-order chi connectivity index (χ1) is 9.75. The molecule has 1 aliphatic carbocycles. The maximum Gasteiger partial charge on any atom is 0.163 e. The van der Waals surface area contributed by atoms with E-state index >= 15 is 0 Å². The fourth-order valence-electron chi connectivity index (χ4n) is 3.29. The molecule has 0 aromatic heterocycles. The predicted molar refractivity (Wildman–Crippen MR) is 86.4 cm³/mol. The Morgan fingerprint density at radius 2 is 1.60 bits per heavy atom. The molecular weight excluding hydrogens is 312 g/mol. The number of ketones is 1. The van der Waals surface area contributed by atoms with Crippen LogP contribution in [-0.2, 0) is 6.42 Å². The Morgan fingerprint density at radius 3 is 2.45 bits per heavy atom. The van der Waals surface area contributed by atoms with Gasteiger partial charge in [-0.1, -0.05) is 52.3 Å². The molecule has 0 atom stereocenters. The minimum Gasteiger partial charge on any atom is -0.294 e. The van der Waals surface area contributed by atoms with Crippen LogP contribution in [0.2, 0.25) is 0 Å². The average Bonchev–Trinajstić information content (AvgIpc) is 2.48. The number of carbonyl (C=O) groups is 1. The smallest absolute Gasteiger partial charge is 0.163 e. The fourth-order valence-corrected chi connectivity index (χ4v) is 3.86. The number of hydrogen-bond donors (Lipinski definition) is 0. The van der Waals surface area contributed by atoms with E-state index in [1.165, 1.54) is 27.1 Å². The molecule has 0 saturated heterocycles. The zero-order valence-electron chi connectivity index (χ0n) is 10.9. The Labute approximate surface area is 125 Å². The number of aryl methyl sites for hydroxylation is 1. The van der Waals surface area contributed by atoms with Gasteiger partial charge in [0.1, 0.15) is 0 Å². The van der Waals surface area contributed by atoms with Crippen LogP contribution in [0.25, 0.3) is 21.5 Å². The van der Waals surface area contributed by atoms with E-state index in [1.807, 2.05) is 6.07 Å². The normalized spacial score (nSPS) is 14.8. The molecule has 0 aliphatic heterocycles. The Bertz CT molecular complexity index is 864. The van der Waals surface area contributed by atoms with Crippen molar-refractivity contribution in [3.05, 3.63) is 58.1 Å². The number of rotatable bonds is 0. The molecule has 0 spiro atoms. The molecule has 0 amide bonds. The van der Waals surface area contributed by atoms with Crippen LogP contribution in [0, 0.1) is 0 Å². The molecule has 3 aromatic carbocycles. The van der Waals surface area contributed by atoms with Gasteiger partial charge >= 0.3 is 0 Å². The summed E-state index contributed by atoms with van der Waals surface area (Å²) in [5, 5.41) is 4.94. The van der Waals surface area contributed by atoms with E-state index in [4.69, 9.17) is 0 Å². The Balaban J connectivity index is 2.19. The fraction of sp³-hybridized carbons (Fsp3) is 0.167. The lowest BCUT2D eigenvalue weighted by atomic mass is 9.86. The van der Waals surface area contributed by atoms with E-state index in [0.717, 1.165) is 22.9 Å². The average molecular weight is 325 g/mol. The molecule has 0 unspecified atom stereocenters. The van der Waals surface area contributed by atoms with Gasteiger partial charge in [0.2, 0.25) is 0 Å². The van der Waals surface area contributed by atoms with Crippen molar-refractivity contribution >= 4 is 43.3 Å². The van der Waals surface area contributed by atoms with Crippen molar-refractivity contribution < 1.29 is 4.79 Å². The van der Waals surface area contributed by atoms with Crippen molar-refractivity contribution in [1.29, 1.82) is 0 Å². The highest BCUT2D eigenvalue weighted by molar-refractivity contribution is 9.10. The van der Waals surface area contributed by atoms with Gasteiger partial charge in [-0.15, -0.1) is 0 Å². The summed E-state index contributed by atoms with van der Waals surface area (Å²) in [5.74, 6) is 0.289. The van der Waals surface area contributed by atoms with Crippen LogP contribution >= 0.6 is 15.9 Å². The quantitative estimate of drug-likeness (QED) is 0.514. The first kappa shape index (κ1) is 12.1. The van der Waals surface area contributed by atoms with Crippen LogP contribution in [0.4, 0.5) is 0 Å². The van der Waals surface area contributed by atoms with Gasteiger partial charge in [-0.05, 0) is 46.0 Å². The lowest BCUT2D eigenvalue weighted by Gasteiger charge is -2.18. The van der Waals surface area contributed by atoms with Crippen molar-refractivity contribution in [3.8, 4) is 0 Å². The second-order valence-electron chi connectivity index (χ2n) is 5.37. The van der Waals surface area contributed by atoms with Gasteiger partial charge in [-0.3, -0.25) is 4.79 Å². The van der Waals surface area contributed by atoms with Gasteiger partial charge < -0.3 is 0 Å². The van der Waals surface area contributed by atoms with Crippen LogP contribution in [0.5, 0.6) is 0 Å². The third-order valence-corrected chi connectivity index (χ3v) is 4.89. The van der Waals surface area contributed by atoms with Gasteiger partial charge in [0.05, 0.1) is 0 Å². The summed E-state index contributed by atoms with van der Waals surface area (Å²) in [5.41, 5.74) is 2.15. The van der Waals surface area contributed by atoms with E-state index in [0.29, 0.717) is 6.42 Å². The first-order valence-corrected chi connectivity index (χ1v) is 7.71. The van der Waals surface area contributed by atoms with Crippen molar-refractivity contribution in [1.82, 2.24) is 0 Å². The lowest BCUT2D eigenvalue weighted by molar-refractivity contribution is 0.0973. The summed E-state index contributed by atoms with van der Waals surface area (Å²) in [6, 6.07) is 14.7. The number of fused-ring (bicyclic) bond motifs is 5. The summed E-state index contributed by atoms with van der Waals surface area (Å²) >= 11 is 3.68. The zero-order valence-corrected chi connectivity index (χ0v) is 12.5. The molecule has 1 nitrogen and oxygen atoms in total. The Kier molecular flexibility index (Phi) is 2.67. The van der Waals surface area contributed by atoms with E-state index < -0.39 is 0 Å². The van der Waals surface area contributed by atoms with Crippen molar-refractivity contribution in [2.24, 2.45) is 0 Å². The highest BCUT2D eigenvalue weighted by Gasteiger charge is 2.20. The highest BCUT2D eigenvalue weighted by Crippen LogP contribution is 2.36. The monoisotopic (exact) mass is 324 g/mol. The Morgan fingerprint density at radius 1 is 0.850 bits per heavy atom. The molecule has 0 fully saturated rings. The van der Waals surface area contributed by atoms with Crippen LogP contribution < -0.4 is 0 Å². The molecule has 1 aliphatic rings. The third-order valence-electron chi connectivity index (χ3n) is 4.23. The van der Waals surface area contributed by atoms with E-state index in [1.54, 1.807) is 0 Å². The third kappa shape index (κ3) is 1.64. The van der Waals surface area contributed by atoms with Crippen LogP contribution in [0.3, 0.4) is 0 Å². The lowest BCUT2D eigenvalue weighted by Crippen LogP contribution is -2.11. The van der Waals surface area contributed by atoms with Gasteiger partial charge in [0.15, 0.2) is 5.78 Å². The van der Waals surface area contributed by atoms with E-state index in [9.17, 15) is 4.79 Å². The second kappa shape index (κ2) is 4.42. The molecular formula is C18H13BrO. The molecule has 0 saturated carbocycles. The molecule has 0 radical (unpaired) electrons. The largest absolute Gasteiger partial charge is 0.294 e. The summed E-state index contributed by atoms with van der Waals surface area (Å²) in [4.78, 5) is 12.1. The Hall–Kier alpha value is -1.67.